The quantitative estimate of drug-likeness (QED) is 0.471. The summed E-state index contributed by atoms with van der Waals surface area (Å²) in [5, 5.41) is 10.9. The molecule has 108 valence electrons. The molecule has 0 saturated heterocycles. The number of hydrogen-bond acceptors (Lipinski definition) is 4. The Morgan fingerprint density at radius 3 is 2.48 bits per heavy atom. The number of carbonyl (C=O) groups is 1. The van der Waals surface area contributed by atoms with Gasteiger partial charge in [-0.2, -0.15) is 0 Å². The van der Waals surface area contributed by atoms with Crippen LogP contribution in [0.5, 0.6) is 0 Å². The third-order valence-corrected chi connectivity index (χ3v) is 4.26. The molecule has 0 aliphatic carbocycles. The van der Waals surface area contributed by atoms with E-state index in [9.17, 15) is 14.9 Å². The molecular formula is C16H15NO3S. The third-order valence-electron chi connectivity index (χ3n) is 3.12. The SMILES string of the molecule is CC(=O)c1cc(Sc2cc(C)ccc2C)ccc1[N+](=O)[O-]. The van der Waals surface area contributed by atoms with E-state index in [1.807, 2.05) is 26.0 Å². The molecule has 0 saturated carbocycles. The minimum atomic E-state index is -0.525. The Labute approximate surface area is 127 Å². The Kier molecular flexibility index (Phi) is 4.43. The highest BCUT2D eigenvalue weighted by molar-refractivity contribution is 7.99. The van der Waals surface area contributed by atoms with Gasteiger partial charge in [-0.1, -0.05) is 23.9 Å². The molecule has 0 fully saturated rings. The van der Waals surface area contributed by atoms with Crippen molar-refractivity contribution < 1.29 is 9.72 Å². The van der Waals surface area contributed by atoms with Gasteiger partial charge in [0.05, 0.1) is 10.5 Å². The highest BCUT2D eigenvalue weighted by atomic mass is 32.2. The molecule has 0 aliphatic rings. The molecule has 0 bridgehead atoms. The van der Waals surface area contributed by atoms with Crippen LogP contribution < -0.4 is 0 Å². The van der Waals surface area contributed by atoms with Crippen molar-refractivity contribution >= 4 is 23.2 Å². The summed E-state index contributed by atoms with van der Waals surface area (Å²) in [7, 11) is 0. The number of nitrogens with zero attached hydrogens (tertiary/aromatic N) is 1. The molecule has 0 aliphatic heterocycles. The molecule has 2 aromatic carbocycles. The molecule has 2 aromatic rings. The summed E-state index contributed by atoms with van der Waals surface area (Å²) in [6.07, 6.45) is 0. The molecule has 0 N–H and O–H groups in total. The van der Waals surface area contributed by atoms with Crippen LogP contribution in [0, 0.1) is 24.0 Å². The van der Waals surface area contributed by atoms with Crippen LogP contribution in [-0.2, 0) is 0 Å². The summed E-state index contributed by atoms with van der Waals surface area (Å²) in [6.45, 7) is 5.37. The molecular weight excluding hydrogens is 286 g/mol. The van der Waals surface area contributed by atoms with E-state index < -0.39 is 4.92 Å². The van der Waals surface area contributed by atoms with Gasteiger partial charge in [-0.25, -0.2) is 0 Å². The minimum absolute atomic E-state index is 0.146. The van der Waals surface area contributed by atoms with E-state index in [-0.39, 0.29) is 17.0 Å². The molecule has 4 nitrogen and oxygen atoms in total. The summed E-state index contributed by atoms with van der Waals surface area (Å²) >= 11 is 1.51. The van der Waals surface area contributed by atoms with Crippen LogP contribution in [0.15, 0.2) is 46.2 Å². The van der Waals surface area contributed by atoms with Gasteiger partial charge in [-0.3, -0.25) is 14.9 Å². The largest absolute Gasteiger partial charge is 0.294 e. The Morgan fingerprint density at radius 2 is 1.86 bits per heavy atom. The van der Waals surface area contributed by atoms with Crippen molar-refractivity contribution in [3.8, 4) is 0 Å². The fourth-order valence-corrected chi connectivity index (χ4v) is 3.00. The Bertz CT molecular complexity index is 725. The van der Waals surface area contributed by atoms with Crippen molar-refractivity contribution in [3.63, 3.8) is 0 Å². The van der Waals surface area contributed by atoms with E-state index in [1.54, 1.807) is 12.1 Å². The average Bonchev–Trinajstić information content (AvgIpc) is 2.42. The standard InChI is InChI=1S/C16H15NO3S/c1-10-4-5-11(2)16(8-10)21-13-6-7-15(17(19)20)14(9-13)12(3)18/h4-9H,1-3H3. The van der Waals surface area contributed by atoms with Crippen LogP contribution in [0.4, 0.5) is 5.69 Å². The molecule has 2 rings (SSSR count). The Balaban J connectivity index is 2.41. The number of rotatable bonds is 4. The van der Waals surface area contributed by atoms with Crippen molar-refractivity contribution in [1.29, 1.82) is 0 Å². The van der Waals surface area contributed by atoms with Crippen LogP contribution in [0.3, 0.4) is 0 Å². The van der Waals surface area contributed by atoms with E-state index in [4.69, 9.17) is 0 Å². The van der Waals surface area contributed by atoms with Crippen molar-refractivity contribution in [2.75, 3.05) is 0 Å². The van der Waals surface area contributed by atoms with Gasteiger partial charge in [0.2, 0.25) is 0 Å². The Hall–Kier alpha value is -2.14. The molecule has 0 spiro atoms. The van der Waals surface area contributed by atoms with Crippen molar-refractivity contribution in [2.24, 2.45) is 0 Å². The fraction of sp³-hybridized carbons (Fsp3) is 0.188. The average molecular weight is 301 g/mol. The van der Waals surface area contributed by atoms with Crippen LogP contribution in [0.25, 0.3) is 0 Å². The van der Waals surface area contributed by atoms with Gasteiger partial charge in [0.1, 0.15) is 0 Å². The lowest BCUT2D eigenvalue weighted by Crippen LogP contribution is -2.00. The molecule has 0 atom stereocenters. The predicted octanol–water partition coefficient (Wildman–Crippen LogP) is 4.57. The van der Waals surface area contributed by atoms with Crippen LogP contribution >= 0.6 is 11.8 Å². The van der Waals surface area contributed by atoms with Gasteiger partial charge in [0.25, 0.3) is 5.69 Å². The van der Waals surface area contributed by atoms with Gasteiger partial charge in [-0.15, -0.1) is 0 Å². The topological polar surface area (TPSA) is 60.2 Å². The Morgan fingerprint density at radius 1 is 1.14 bits per heavy atom. The lowest BCUT2D eigenvalue weighted by Gasteiger charge is -2.08. The number of hydrogen-bond donors (Lipinski definition) is 0. The fourth-order valence-electron chi connectivity index (χ4n) is 1.96. The summed E-state index contributed by atoms with van der Waals surface area (Å²) < 4.78 is 0. The first-order valence-electron chi connectivity index (χ1n) is 6.43. The first-order chi connectivity index (χ1) is 9.88. The number of aryl methyl sites for hydroxylation is 2. The number of nitro benzene ring substituents is 1. The first-order valence-corrected chi connectivity index (χ1v) is 7.24. The summed E-state index contributed by atoms with van der Waals surface area (Å²) in [4.78, 5) is 23.9. The molecule has 0 unspecified atom stereocenters. The van der Waals surface area contributed by atoms with E-state index in [1.165, 1.54) is 24.8 Å². The molecule has 0 heterocycles. The summed E-state index contributed by atoms with van der Waals surface area (Å²) in [6, 6.07) is 10.8. The zero-order chi connectivity index (χ0) is 15.6. The predicted molar refractivity (Wildman–Crippen MR) is 83.1 cm³/mol. The van der Waals surface area contributed by atoms with E-state index in [0.717, 1.165) is 20.9 Å². The van der Waals surface area contributed by atoms with Crippen molar-refractivity contribution in [2.45, 2.75) is 30.6 Å². The van der Waals surface area contributed by atoms with Crippen molar-refractivity contribution in [1.82, 2.24) is 0 Å². The van der Waals surface area contributed by atoms with Crippen LogP contribution in [-0.4, -0.2) is 10.7 Å². The lowest BCUT2D eigenvalue weighted by atomic mass is 10.1. The molecule has 0 aromatic heterocycles. The zero-order valence-electron chi connectivity index (χ0n) is 12.0. The normalized spacial score (nSPS) is 10.4. The number of ketones is 1. The second-order valence-electron chi connectivity index (χ2n) is 4.86. The van der Waals surface area contributed by atoms with Gasteiger partial charge in [0.15, 0.2) is 5.78 Å². The molecule has 5 heteroatoms. The maximum atomic E-state index is 11.6. The molecule has 0 amide bonds. The smallest absolute Gasteiger partial charge is 0.280 e. The maximum absolute atomic E-state index is 11.6. The van der Waals surface area contributed by atoms with E-state index in [2.05, 4.69) is 6.07 Å². The van der Waals surface area contributed by atoms with Gasteiger partial charge < -0.3 is 0 Å². The van der Waals surface area contributed by atoms with E-state index >= 15 is 0 Å². The van der Waals surface area contributed by atoms with Gasteiger partial charge in [0, 0.05) is 15.9 Å². The maximum Gasteiger partial charge on any atom is 0.280 e. The highest BCUT2D eigenvalue weighted by Crippen LogP contribution is 2.33. The second kappa shape index (κ2) is 6.10. The van der Waals surface area contributed by atoms with Crippen molar-refractivity contribution in [3.05, 3.63) is 63.2 Å². The number of nitro groups is 1. The monoisotopic (exact) mass is 301 g/mol. The molecule has 0 radical (unpaired) electrons. The van der Waals surface area contributed by atoms with Gasteiger partial charge >= 0.3 is 0 Å². The van der Waals surface area contributed by atoms with Crippen LogP contribution in [0.1, 0.15) is 28.4 Å². The third kappa shape index (κ3) is 3.49. The summed E-state index contributed by atoms with van der Waals surface area (Å²) in [5.74, 6) is -0.301. The molecule has 21 heavy (non-hydrogen) atoms. The minimum Gasteiger partial charge on any atom is -0.294 e. The van der Waals surface area contributed by atoms with Gasteiger partial charge in [-0.05, 0) is 50.1 Å². The second-order valence-corrected chi connectivity index (χ2v) is 5.98. The highest BCUT2D eigenvalue weighted by Gasteiger charge is 2.18. The lowest BCUT2D eigenvalue weighted by molar-refractivity contribution is -0.385. The van der Waals surface area contributed by atoms with E-state index in [0.29, 0.717) is 0 Å². The number of carbonyl (C=O) groups excluding carboxylic acids is 1. The van der Waals surface area contributed by atoms with Crippen LogP contribution in [0.2, 0.25) is 0 Å². The first kappa shape index (κ1) is 15.3. The number of Topliss-reactive ketones (excluding diaryl/α,β-unsaturated/α-hetero) is 1. The summed E-state index contributed by atoms with van der Waals surface area (Å²) in [5.41, 5.74) is 2.29. The number of benzene rings is 2. The zero-order valence-corrected chi connectivity index (χ0v) is 12.9.